The minimum Gasteiger partial charge on any atom is -0.481 e. The molecule has 21 heavy (non-hydrogen) atoms. The summed E-state index contributed by atoms with van der Waals surface area (Å²) < 4.78 is 0. The molecule has 0 spiro atoms. The predicted octanol–water partition coefficient (Wildman–Crippen LogP) is 3.42. The molecule has 1 unspecified atom stereocenters. The molecule has 1 aromatic rings. The van der Waals surface area contributed by atoms with E-state index in [1.165, 1.54) is 0 Å². The number of amides is 2. The van der Waals surface area contributed by atoms with Gasteiger partial charge in [0.1, 0.15) is 0 Å². The van der Waals surface area contributed by atoms with Crippen molar-refractivity contribution in [3.05, 3.63) is 28.2 Å². The standard InChI is InChI=1S/C13H14Cl2N2O3S/c14-8-1-2-11(10(15)5-8)16-13(20)17-3-4-21-7-9(17)6-12(18)19/h1-2,5,9H,3-4,6-7H2,(H,16,20)(H,18,19). The van der Waals surface area contributed by atoms with Gasteiger partial charge in [-0.1, -0.05) is 23.2 Å². The number of nitrogens with zero attached hydrogens (tertiary/aromatic N) is 1. The number of urea groups is 1. The van der Waals surface area contributed by atoms with E-state index in [0.29, 0.717) is 28.0 Å². The average molecular weight is 349 g/mol. The lowest BCUT2D eigenvalue weighted by Crippen LogP contribution is -2.48. The van der Waals surface area contributed by atoms with E-state index in [1.807, 2.05) is 0 Å². The quantitative estimate of drug-likeness (QED) is 0.877. The second-order valence-corrected chi connectivity index (χ2v) is 6.57. The highest BCUT2D eigenvalue weighted by atomic mass is 35.5. The average Bonchev–Trinajstić information content (AvgIpc) is 2.42. The Morgan fingerprint density at radius 1 is 1.43 bits per heavy atom. The molecule has 2 rings (SSSR count). The van der Waals surface area contributed by atoms with Gasteiger partial charge in [-0.15, -0.1) is 0 Å². The Kier molecular flexibility index (Phi) is 5.61. The highest BCUT2D eigenvalue weighted by Crippen LogP contribution is 2.26. The Hall–Kier alpha value is -1.11. The molecule has 0 aromatic heterocycles. The second kappa shape index (κ2) is 7.24. The molecule has 0 aliphatic carbocycles. The summed E-state index contributed by atoms with van der Waals surface area (Å²) in [7, 11) is 0. The molecule has 1 aliphatic rings. The summed E-state index contributed by atoms with van der Waals surface area (Å²) in [5, 5.41) is 12.5. The van der Waals surface area contributed by atoms with Crippen LogP contribution in [0, 0.1) is 0 Å². The van der Waals surface area contributed by atoms with Crippen LogP contribution in [0.3, 0.4) is 0 Å². The topological polar surface area (TPSA) is 69.6 Å². The van der Waals surface area contributed by atoms with Crippen LogP contribution in [0.5, 0.6) is 0 Å². The number of rotatable bonds is 3. The van der Waals surface area contributed by atoms with E-state index in [2.05, 4.69) is 5.32 Å². The molecule has 1 heterocycles. The third-order valence-electron chi connectivity index (χ3n) is 3.07. The summed E-state index contributed by atoms with van der Waals surface area (Å²) in [5.41, 5.74) is 0.457. The van der Waals surface area contributed by atoms with Crippen molar-refractivity contribution in [3.8, 4) is 0 Å². The van der Waals surface area contributed by atoms with Crippen molar-refractivity contribution in [2.24, 2.45) is 0 Å². The number of carboxylic acids is 1. The first-order chi connectivity index (χ1) is 9.97. The molecule has 0 radical (unpaired) electrons. The first-order valence-corrected chi connectivity index (χ1v) is 8.20. The lowest BCUT2D eigenvalue weighted by atomic mass is 10.2. The molecule has 5 nitrogen and oxygen atoms in total. The van der Waals surface area contributed by atoms with Gasteiger partial charge in [-0.05, 0) is 18.2 Å². The molecule has 1 atom stereocenters. The molecule has 1 aromatic carbocycles. The second-order valence-electron chi connectivity index (χ2n) is 4.57. The maximum atomic E-state index is 12.3. The molecule has 1 aliphatic heterocycles. The largest absolute Gasteiger partial charge is 0.481 e. The minimum absolute atomic E-state index is 0.0607. The Morgan fingerprint density at radius 3 is 2.86 bits per heavy atom. The third-order valence-corrected chi connectivity index (χ3v) is 4.71. The molecule has 8 heteroatoms. The zero-order chi connectivity index (χ0) is 15.4. The van der Waals surface area contributed by atoms with Crippen LogP contribution in [0.1, 0.15) is 6.42 Å². The van der Waals surface area contributed by atoms with Crippen molar-refractivity contribution in [1.82, 2.24) is 4.90 Å². The summed E-state index contributed by atoms with van der Waals surface area (Å²) in [5.74, 6) is 0.496. The van der Waals surface area contributed by atoms with Gasteiger partial charge in [-0.3, -0.25) is 4.79 Å². The van der Waals surface area contributed by atoms with Gasteiger partial charge < -0.3 is 15.3 Å². The highest BCUT2D eigenvalue weighted by Gasteiger charge is 2.29. The van der Waals surface area contributed by atoms with Gasteiger partial charge in [-0.2, -0.15) is 11.8 Å². The fourth-order valence-electron chi connectivity index (χ4n) is 2.07. The Balaban J connectivity index is 2.08. The van der Waals surface area contributed by atoms with E-state index in [1.54, 1.807) is 34.9 Å². The molecular weight excluding hydrogens is 335 g/mol. The number of carbonyl (C=O) groups is 2. The van der Waals surface area contributed by atoms with Crippen molar-refractivity contribution in [3.63, 3.8) is 0 Å². The number of hydrogen-bond donors (Lipinski definition) is 2. The summed E-state index contributed by atoms with van der Waals surface area (Å²) >= 11 is 13.5. The van der Waals surface area contributed by atoms with Gasteiger partial charge in [0.15, 0.2) is 0 Å². The van der Waals surface area contributed by atoms with Crippen molar-refractivity contribution >= 4 is 52.7 Å². The van der Waals surface area contributed by atoms with Crippen LogP contribution < -0.4 is 5.32 Å². The van der Waals surface area contributed by atoms with Gasteiger partial charge in [-0.25, -0.2) is 4.79 Å². The lowest BCUT2D eigenvalue weighted by Gasteiger charge is -2.34. The number of carboxylic acid groups (broad SMARTS) is 1. The molecular formula is C13H14Cl2N2O3S. The normalized spacial score (nSPS) is 18.4. The van der Waals surface area contributed by atoms with E-state index >= 15 is 0 Å². The Labute approximate surface area is 136 Å². The maximum absolute atomic E-state index is 12.3. The molecule has 0 bridgehead atoms. The first kappa shape index (κ1) is 16.3. The molecule has 2 amide bonds. The number of halogens is 2. The molecule has 1 fully saturated rings. The Morgan fingerprint density at radius 2 is 2.19 bits per heavy atom. The van der Waals surface area contributed by atoms with Gasteiger partial charge in [0.25, 0.3) is 0 Å². The summed E-state index contributed by atoms with van der Waals surface area (Å²) in [6, 6.07) is 4.13. The molecule has 2 N–H and O–H groups in total. The minimum atomic E-state index is -0.912. The predicted molar refractivity (Wildman–Crippen MR) is 85.6 cm³/mol. The van der Waals surface area contributed by atoms with Gasteiger partial charge >= 0.3 is 12.0 Å². The molecule has 114 valence electrons. The van der Waals surface area contributed by atoms with E-state index in [-0.39, 0.29) is 18.5 Å². The van der Waals surface area contributed by atoms with E-state index in [4.69, 9.17) is 28.3 Å². The van der Waals surface area contributed by atoms with E-state index in [9.17, 15) is 9.59 Å². The SMILES string of the molecule is O=C(O)CC1CSCCN1C(=O)Nc1ccc(Cl)cc1Cl. The number of carbonyl (C=O) groups excluding carboxylic acids is 1. The zero-order valence-electron chi connectivity index (χ0n) is 11.0. The Bertz CT molecular complexity index is 556. The van der Waals surface area contributed by atoms with Crippen LogP contribution in [0.15, 0.2) is 18.2 Å². The van der Waals surface area contributed by atoms with Crippen molar-refractivity contribution < 1.29 is 14.7 Å². The number of benzene rings is 1. The van der Waals surface area contributed by atoms with Crippen LogP contribution in [0.25, 0.3) is 0 Å². The number of thioether (sulfide) groups is 1. The monoisotopic (exact) mass is 348 g/mol. The number of hydrogen-bond acceptors (Lipinski definition) is 3. The number of nitrogens with one attached hydrogen (secondary N) is 1. The van der Waals surface area contributed by atoms with Crippen molar-refractivity contribution in [2.45, 2.75) is 12.5 Å². The van der Waals surface area contributed by atoms with Gasteiger partial charge in [0, 0.05) is 23.1 Å². The van der Waals surface area contributed by atoms with E-state index < -0.39 is 5.97 Å². The zero-order valence-corrected chi connectivity index (χ0v) is 13.3. The van der Waals surface area contributed by atoms with Crippen molar-refractivity contribution in [2.75, 3.05) is 23.4 Å². The number of aliphatic carboxylic acids is 1. The fourth-order valence-corrected chi connectivity index (χ4v) is 3.59. The van der Waals surface area contributed by atoms with Crippen LogP contribution in [0.4, 0.5) is 10.5 Å². The number of anilines is 1. The van der Waals surface area contributed by atoms with Crippen LogP contribution in [0.2, 0.25) is 10.0 Å². The van der Waals surface area contributed by atoms with Gasteiger partial charge in [0.05, 0.1) is 23.2 Å². The fraction of sp³-hybridized carbons (Fsp3) is 0.385. The van der Waals surface area contributed by atoms with Crippen LogP contribution in [-0.4, -0.2) is 46.1 Å². The van der Waals surface area contributed by atoms with E-state index in [0.717, 1.165) is 5.75 Å². The molecule has 0 saturated carbocycles. The van der Waals surface area contributed by atoms with Crippen LogP contribution in [-0.2, 0) is 4.79 Å². The summed E-state index contributed by atoms with van der Waals surface area (Å²) in [6.07, 6.45) is -0.0607. The maximum Gasteiger partial charge on any atom is 0.322 e. The first-order valence-electron chi connectivity index (χ1n) is 6.29. The summed E-state index contributed by atoms with van der Waals surface area (Å²) in [4.78, 5) is 24.8. The summed E-state index contributed by atoms with van der Waals surface area (Å²) in [6.45, 7) is 0.514. The van der Waals surface area contributed by atoms with Crippen molar-refractivity contribution in [1.29, 1.82) is 0 Å². The van der Waals surface area contributed by atoms with Crippen LogP contribution >= 0.6 is 35.0 Å². The highest BCUT2D eigenvalue weighted by molar-refractivity contribution is 7.99. The van der Waals surface area contributed by atoms with Gasteiger partial charge in [0.2, 0.25) is 0 Å². The lowest BCUT2D eigenvalue weighted by molar-refractivity contribution is -0.137. The molecule has 1 saturated heterocycles. The smallest absolute Gasteiger partial charge is 0.322 e. The third kappa shape index (κ3) is 4.43.